The van der Waals surface area contributed by atoms with Crippen molar-refractivity contribution in [2.24, 2.45) is 0 Å². The fourth-order valence-electron chi connectivity index (χ4n) is 2.72. The number of aromatic nitrogens is 1. The van der Waals surface area contributed by atoms with E-state index in [1.807, 2.05) is 67.6 Å². The van der Waals surface area contributed by atoms with Crippen molar-refractivity contribution in [1.29, 1.82) is 0 Å². The monoisotopic (exact) mass is 365 g/mol. The van der Waals surface area contributed by atoms with E-state index in [0.717, 1.165) is 11.1 Å². The van der Waals surface area contributed by atoms with Gasteiger partial charge in [0.2, 0.25) is 5.91 Å². The lowest BCUT2D eigenvalue weighted by atomic mass is 9.98. The van der Waals surface area contributed by atoms with Gasteiger partial charge >= 0.3 is 0 Å². The average Bonchev–Trinajstić information content (AvgIpc) is 2.69. The zero-order valence-electron chi connectivity index (χ0n) is 14.4. The van der Waals surface area contributed by atoms with E-state index in [1.165, 1.54) is 0 Å². The van der Waals surface area contributed by atoms with Crippen LogP contribution in [0.15, 0.2) is 79.0 Å². The van der Waals surface area contributed by atoms with Gasteiger partial charge in [-0.2, -0.15) is 0 Å². The molecular formula is C21H20ClN3O. The summed E-state index contributed by atoms with van der Waals surface area (Å²) in [5.74, 6) is -0.170. The van der Waals surface area contributed by atoms with Crippen molar-refractivity contribution >= 4 is 23.2 Å². The third kappa shape index (κ3) is 4.48. The molecule has 0 fully saturated rings. The third-order valence-electron chi connectivity index (χ3n) is 4.09. The fourth-order valence-corrected chi connectivity index (χ4v) is 2.89. The summed E-state index contributed by atoms with van der Waals surface area (Å²) < 4.78 is 0. The molecular weight excluding hydrogens is 346 g/mol. The Morgan fingerprint density at radius 1 is 0.923 bits per heavy atom. The minimum Gasteiger partial charge on any atom is -0.322 e. The number of amides is 1. The molecule has 2 N–H and O–H groups in total. The van der Waals surface area contributed by atoms with Crippen LogP contribution in [-0.2, 0) is 4.79 Å². The molecule has 132 valence electrons. The van der Waals surface area contributed by atoms with Crippen LogP contribution < -0.4 is 10.6 Å². The maximum absolute atomic E-state index is 12.6. The van der Waals surface area contributed by atoms with Gasteiger partial charge in [-0.15, -0.1) is 0 Å². The standard InChI is InChI=1S/C21H20ClN3O/c1-15(21(26)25-18-13-8-14-23-20(18)22)24-19(16-9-4-2-5-10-16)17-11-6-3-7-12-17/h2-15,19,24H,1H3,(H,25,26)/t15-/m1/s1. The van der Waals surface area contributed by atoms with E-state index < -0.39 is 6.04 Å². The highest BCUT2D eigenvalue weighted by Gasteiger charge is 2.21. The van der Waals surface area contributed by atoms with Crippen LogP contribution in [0.1, 0.15) is 24.1 Å². The summed E-state index contributed by atoms with van der Waals surface area (Å²) in [5, 5.41) is 6.51. The van der Waals surface area contributed by atoms with Crippen molar-refractivity contribution < 1.29 is 4.79 Å². The lowest BCUT2D eigenvalue weighted by Crippen LogP contribution is -2.40. The number of rotatable bonds is 6. The van der Waals surface area contributed by atoms with Crippen LogP contribution in [0.25, 0.3) is 0 Å². The van der Waals surface area contributed by atoms with Gasteiger partial charge in [0.15, 0.2) is 5.15 Å². The Kier molecular flexibility index (Phi) is 6.00. The van der Waals surface area contributed by atoms with Crippen molar-refractivity contribution in [2.75, 3.05) is 5.32 Å². The maximum Gasteiger partial charge on any atom is 0.241 e. The highest BCUT2D eigenvalue weighted by atomic mass is 35.5. The minimum absolute atomic E-state index is 0.0949. The van der Waals surface area contributed by atoms with E-state index in [9.17, 15) is 4.79 Å². The Morgan fingerprint density at radius 3 is 2.04 bits per heavy atom. The second-order valence-electron chi connectivity index (χ2n) is 5.97. The number of benzene rings is 2. The molecule has 3 rings (SSSR count). The number of nitrogens with zero attached hydrogens (tertiary/aromatic N) is 1. The first kappa shape index (κ1) is 18.1. The Hall–Kier alpha value is -2.69. The third-order valence-corrected chi connectivity index (χ3v) is 4.39. The van der Waals surface area contributed by atoms with Crippen molar-refractivity contribution in [2.45, 2.75) is 19.0 Å². The minimum atomic E-state index is -0.434. The Bertz CT molecular complexity index is 816. The Labute approximate surface area is 158 Å². The molecule has 0 radical (unpaired) electrons. The first-order valence-corrected chi connectivity index (χ1v) is 8.80. The van der Waals surface area contributed by atoms with Crippen molar-refractivity contribution in [3.8, 4) is 0 Å². The van der Waals surface area contributed by atoms with Crippen LogP contribution in [-0.4, -0.2) is 16.9 Å². The number of nitrogens with one attached hydrogen (secondary N) is 2. The fraction of sp³-hybridized carbons (Fsp3) is 0.143. The molecule has 0 saturated carbocycles. The molecule has 1 heterocycles. The molecule has 2 aromatic carbocycles. The molecule has 3 aromatic rings. The normalized spacial score (nSPS) is 12.0. The topological polar surface area (TPSA) is 54.0 Å². The summed E-state index contributed by atoms with van der Waals surface area (Å²) in [6.45, 7) is 1.83. The van der Waals surface area contributed by atoms with E-state index in [-0.39, 0.29) is 17.1 Å². The lowest BCUT2D eigenvalue weighted by molar-refractivity contribution is -0.117. The van der Waals surface area contributed by atoms with Crippen molar-refractivity contribution in [3.63, 3.8) is 0 Å². The van der Waals surface area contributed by atoms with Crippen LogP contribution >= 0.6 is 11.6 Å². The average molecular weight is 366 g/mol. The summed E-state index contributed by atoms with van der Waals surface area (Å²) in [7, 11) is 0. The van der Waals surface area contributed by atoms with Gasteiger partial charge < -0.3 is 5.32 Å². The molecule has 0 bridgehead atoms. The summed E-state index contributed by atoms with van der Waals surface area (Å²) in [6.07, 6.45) is 1.58. The van der Waals surface area contributed by atoms with E-state index in [1.54, 1.807) is 18.3 Å². The van der Waals surface area contributed by atoms with Gasteiger partial charge in [-0.1, -0.05) is 72.3 Å². The van der Waals surface area contributed by atoms with Gasteiger partial charge in [-0.3, -0.25) is 10.1 Å². The predicted octanol–water partition coefficient (Wildman–Crippen LogP) is 4.44. The van der Waals surface area contributed by atoms with Crippen LogP contribution in [0.2, 0.25) is 5.15 Å². The highest BCUT2D eigenvalue weighted by Crippen LogP contribution is 2.23. The molecule has 0 aliphatic heterocycles. The first-order valence-electron chi connectivity index (χ1n) is 8.42. The molecule has 1 aromatic heterocycles. The summed E-state index contributed by atoms with van der Waals surface area (Å²) in [4.78, 5) is 16.6. The predicted molar refractivity (Wildman–Crippen MR) is 105 cm³/mol. The molecule has 0 aliphatic rings. The zero-order chi connectivity index (χ0) is 18.4. The van der Waals surface area contributed by atoms with Gasteiger partial charge in [0.1, 0.15) is 0 Å². The number of halogens is 1. The van der Waals surface area contributed by atoms with Gasteiger partial charge in [0.05, 0.1) is 17.8 Å². The second kappa shape index (κ2) is 8.61. The van der Waals surface area contributed by atoms with E-state index in [0.29, 0.717) is 5.69 Å². The van der Waals surface area contributed by atoms with E-state index >= 15 is 0 Å². The van der Waals surface area contributed by atoms with Gasteiger partial charge in [-0.25, -0.2) is 4.98 Å². The highest BCUT2D eigenvalue weighted by molar-refractivity contribution is 6.32. The maximum atomic E-state index is 12.6. The lowest BCUT2D eigenvalue weighted by Gasteiger charge is -2.24. The smallest absolute Gasteiger partial charge is 0.241 e. The van der Waals surface area contributed by atoms with Gasteiger partial charge in [0.25, 0.3) is 0 Å². The zero-order valence-corrected chi connectivity index (χ0v) is 15.1. The van der Waals surface area contributed by atoms with Crippen LogP contribution in [0, 0.1) is 0 Å². The number of hydrogen-bond donors (Lipinski definition) is 2. The Morgan fingerprint density at radius 2 is 1.50 bits per heavy atom. The van der Waals surface area contributed by atoms with Crippen LogP contribution in [0.3, 0.4) is 0 Å². The molecule has 0 aliphatic carbocycles. The molecule has 5 heteroatoms. The molecule has 4 nitrogen and oxygen atoms in total. The summed E-state index contributed by atoms with van der Waals surface area (Å²) in [5.41, 5.74) is 2.69. The summed E-state index contributed by atoms with van der Waals surface area (Å²) in [6, 6.07) is 23.1. The van der Waals surface area contributed by atoms with Crippen LogP contribution in [0.4, 0.5) is 5.69 Å². The molecule has 0 unspecified atom stereocenters. The summed E-state index contributed by atoms with van der Waals surface area (Å²) >= 11 is 6.02. The quantitative estimate of drug-likeness (QED) is 0.635. The molecule has 26 heavy (non-hydrogen) atoms. The second-order valence-corrected chi connectivity index (χ2v) is 6.33. The molecule has 1 amide bonds. The van der Waals surface area contributed by atoms with Crippen molar-refractivity contribution in [1.82, 2.24) is 10.3 Å². The number of anilines is 1. The molecule has 0 saturated heterocycles. The molecule has 0 spiro atoms. The number of carbonyl (C=O) groups excluding carboxylic acids is 1. The van der Waals surface area contributed by atoms with Gasteiger partial charge in [-0.05, 0) is 30.2 Å². The number of hydrogen-bond acceptors (Lipinski definition) is 3. The van der Waals surface area contributed by atoms with Gasteiger partial charge in [0, 0.05) is 6.20 Å². The number of pyridine rings is 1. The van der Waals surface area contributed by atoms with Crippen LogP contribution in [0.5, 0.6) is 0 Å². The largest absolute Gasteiger partial charge is 0.322 e. The molecule has 1 atom stereocenters. The number of carbonyl (C=O) groups is 1. The first-order chi connectivity index (χ1) is 12.6. The van der Waals surface area contributed by atoms with E-state index in [4.69, 9.17) is 11.6 Å². The SMILES string of the molecule is C[C@@H](NC(c1ccccc1)c1ccccc1)C(=O)Nc1cccnc1Cl. The van der Waals surface area contributed by atoms with Crippen molar-refractivity contribution in [3.05, 3.63) is 95.3 Å². The van der Waals surface area contributed by atoms with E-state index in [2.05, 4.69) is 15.6 Å². The Balaban J connectivity index is 1.78.